The first-order chi connectivity index (χ1) is 14.4. The van der Waals surface area contributed by atoms with Crippen LogP contribution in [0.25, 0.3) is 0 Å². The van der Waals surface area contributed by atoms with Crippen LogP contribution in [0.1, 0.15) is 6.42 Å². The molecule has 2 saturated heterocycles. The third-order valence-electron chi connectivity index (χ3n) is 5.70. The van der Waals surface area contributed by atoms with Crippen molar-refractivity contribution in [1.82, 2.24) is 4.90 Å². The molecule has 1 unspecified atom stereocenters. The van der Waals surface area contributed by atoms with Crippen LogP contribution in [-0.4, -0.2) is 56.5 Å². The lowest BCUT2D eigenvalue weighted by molar-refractivity contribution is -0.122. The van der Waals surface area contributed by atoms with Crippen LogP contribution in [0.2, 0.25) is 5.02 Å². The smallest absolute Gasteiger partial charge is 0.229 e. The molecule has 30 heavy (non-hydrogen) atoms. The number of anilines is 3. The van der Waals surface area contributed by atoms with Gasteiger partial charge in [0.25, 0.3) is 0 Å². The Kier molecular flexibility index (Phi) is 6.32. The zero-order chi connectivity index (χ0) is 21.3. The minimum absolute atomic E-state index is 0.0487. The molecule has 1 atom stereocenters. The maximum atomic E-state index is 13.0. The van der Waals surface area contributed by atoms with Crippen LogP contribution in [0, 0.1) is 5.92 Å². The van der Waals surface area contributed by atoms with Gasteiger partial charge in [0, 0.05) is 48.6 Å². The number of nitrogens with one attached hydrogen (secondary N) is 1. The van der Waals surface area contributed by atoms with E-state index in [2.05, 4.69) is 38.1 Å². The number of benzene rings is 2. The molecule has 0 aliphatic carbocycles. The minimum Gasteiger partial charge on any atom is -0.367 e. The summed E-state index contributed by atoms with van der Waals surface area (Å²) in [5.41, 5.74) is 2.45. The zero-order valence-electron chi connectivity index (χ0n) is 16.8. The van der Waals surface area contributed by atoms with Crippen molar-refractivity contribution in [2.45, 2.75) is 6.42 Å². The highest BCUT2D eigenvalue weighted by Crippen LogP contribution is 2.34. The molecule has 158 valence electrons. The van der Waals surface area contributed by atoms with E-state index in [1.165, 1.54) is 0 Å². The zero-order valence-corrected chi connectivity index (χ0v) is 19.1. The molecule has 2 aromatic rings. The molecular formula is C22H24BrClN4O2. The summed E-state index contributed by atoms with van der Waals surface area (Å²) in [5, 5.41) is 3.61. The van der Waals surface area contributed by atoms with E-state index >= 15 is 0 Å². The van der Waals surface area contributed by atoms with Crippen LogP contribution in [0.3, 0.4) is 0 Å². The van der Waals surface area contributed by atoms with Crippen LogP contribution < -0.4 is 15.1 Å². The average Bonchev–Trinajstić information content (AvgIpc) is 3.11. The molecule has 8 heteroatoms. The summed E-state index contributed by atoms with van der Waals surface area (Å²) in [6.07, 6.45) is 0.192. The van der Waals surface area contributed by atoms with Crippen LogP contribution in [-0.2, 0) is 9.59 Å². The molecule has 0 spiro atoms. The third-order valence-corrected chi connectivity index (χ3v) is 6.61. The summed E-state index contributed by atoms with van der Waals surface area (Å²) in [6.45, 7) is 4.07. The Hall–Kier alpha value is -2.09. The van der Waals surface area contributed by atoms with Gasteiger partial charge in [-0.25, -0.2) is 0 Å². The number of halogens is 2. The normalized spacial score (nSPS) is 20.0. The molecule has 2 amide bonds. The standard InChI is InChI=1S/C22H24BrClN4O2/c1-26-8-10-27(11-9-26)20-7-6-16(24)13-18(20)25-22(30)15-12-21(29)28(14-15)19-5-3-2-4-17(19)23/h2-7,13,15H,8-12,14H2,1H3,(H,25,30). The predicted molar refractivity (Wildman–Crippen MR) is 124 cm³/mol. The van der Waals surface area contributed by atoms with Crippen molar-refractivity contribution in [3.63, 3.8) is 0 Å². The van der Waals surface area contributed by atoms with Gasteiger partial charge in [-0.05, 0) is 53.3 Å². The molecule has 0 bridgehead atoms. The average molecular weight is 492 g/mol. The molecule has 2 fully saturated rings. The Balaban J connectivity index is 1.50. The highest BCUT2D eigenvalue weighted by atomic mass is 79.9. The minimum atomic E-state index is -0.413. The van der Waals surface area contributed by atoms with E-state index in [-0.39, 0.29) is 18.2 Å². The van der Waals surface area contributed by atoms with E-state index in [0.717, 1.165) is 42.0 Å². The van der Waals surface area contributed by atoms with Crippen molar-refractivity contribution in [1.29, 1.82) is 0 Å². The Morgan fingerprint density at radius 3 is 2.57 bits per heavy atom. The van der Waals surface area contributed by atoms with Crippen molar-refractivity contribution < 1.29 is 9.59 Å². The maximum Gasteiger partial charge on any atom is 0.229 e. The monoisotopic (exact) mass is 490 g/mol. The fraction of sp³-hybridized carbons (Fsp3) is 0.364. The van der Waals surface area contributed by atoms with E-state index in [1.54, 1.807) is 11.0 Å². The van der Waals surface area contributed by atoms with Gasteiger partial charge in [0.2, 0.25) is 11.8 Å². The highest BCUT2D eigenvalue weighted by molar-refractivity contribution is 9.10. The summed E-state index contributed by atoms with van der Waals surface area (Å²) in [4.78, 5) is 31.9. The van der Waals surface area contributed by atoms with Gasteiger partial charge in [-0.2, -0.15) is 0 Å². The molecule has 0 saturated carbocycles. The van der Waals surface area contributed by atoms with Crippen molar-refractivity contribution >= 4 is 56.4 Å². The van der Waals surface area contributed by atoms with Crippen molar-refractivity contribution in [3.8, 4) is 0 Å². The van der Waals surface area contributed by atoms with Gasteiger partial charge in [0.15, 0.2) is 0 Å². The van der Waals surface area contributed by atoms with E-state index in [9.17, 15) is 9.59 Å². The lowest BCUT2D eigenvalue weighted by atomic mass is 10.1. The summed E-state index contributed by atoms with van der Waals surface area (Å²) >= 11 is 9.71. The molecular weight excluding hydrogens is 468 g/mol. The lowest BCUT2D eigenvalue weighted by Crippen LogP contribution is -2.44. The van der Waals surface area contributed by atoms with E-state index in [1.807, 2.05) is 36.4 Å². The summed E-state index contributed by atoms with van der Waals surface area (Å²) in [6, 6.07) is 13.1. The summed E-state index contributed by atoms with van der Waals surface area (Å²) in [7, 11) is 2.11. The number of likely N-dealkylation sites (N-methyl/N-ethyl adjacent to an activating group) is 1. The highest BCUT2D eigenvalue weighted by Gasteiger charge is 2.36. The van der Waals surface area contributed by atoms with Crippen LogP contribution >= 0.6 is 27.5 Å². The first kappa shape index (κ1) is 21.2. The predicted octanol–water partition coefficient (Wildman–Crippen LogP) is 3.85. The number of carbonyl (C=O) groups is 2. The van der Waals surface area contributed by atoms with E-state index in [0.29, 0.717) is 17.3 Å². The van der Waals surface area contributed by atoms with Gasteiger partial charge >= 0.3 is 0 Å². The Bertz CT molecular complexity index is 962. The van der Waals surface area contributed by atoms with Crippen LogP contribution in [0.15, 0.2) is 46.9 Å². The Labute approximate surface area is 189 Å². The first-order valence-electron chi connectivity index (χ1n) is 10.0. The SMILES string of the molecule is CN1CCN(c2ccc(Cl)cc2NC(=O)C2CC(=O)N(c3ccccc3Br)C2)CC1. The Morgan fingerprint density at radius 2 is 1.83 bits per heavy atom. The largest absolute Gasteiger partial charge is 0.367 e. The number of hydrogen-bond acceptors (Lipinski definition) is 4. The number of amides is 2. The van der Waals surface area contributed by atoms with Crippen molar-refractivity contribution in [3.05, 3.63) is 52.0 Å². The quantitative estimate of drug-likeness (QED) is 0.706. The molecule has 2 aliphatic rings. The topological polar surface area (TPSA) is 55.9 Å². The fourth-order valence-corrected chi connectivity index (χ4v) is 4.62. The van der Waals surface area contributed by atoms with Crippen molar-refractivity contribution in [2.24, 2.45) is 5.92 Å². The second-order valence-electron chi connectivity index (χ2n) is 7.80. The molecule has 2 aliphatic heterocycles. The Morgan fingerprint density at radius 1 is 1.10 bits per heavy atom. The van der Waals surface area contributed by atoms with Crippen molar-refractivity contribution in [2.75, 3.05) is 54.9 Å². The fourth-order valence-electron chi connectivity index (χ4n) is 3.95. The van der Waals surface area contributed by atoms with Gasteiger partial charge in [-0.1, -0.05) is 23.7 Å². The molecule has 0 radical (unpaired) electrons. The molecule has 2 aromatic carbocycles. The maximum absolute atomic E-state index is 13.0. The van der Waals surface area contributed by atoms with Gasteiger partial charge in [0.1, 0.15) is 0 Å². The van der Waals surface area contributed by atoms with Gasteiger partial charge < -0.3 is 20.0 Å². The number of para-hydroxylation sites is 1. The molecule has 0 aromatic heterocycles. The molecule has 1 N–H and O–H groups in total. The van der Waals surface area contributed by atoms with E-state index < -0.39 is 5.92 Å². The first-order valence-corrected chi connectivity index (χ1v) is 11.2. The van der Waals surface area contributed by atoms with Gasteiger partial charge in [-0.3, -0.25) is 9.59 Å². The van der Waals surface area contributed by atoms with Crippen LogP contribution in [0.5, 0.6) is 0 Å². The number of rotatable bonds is 4. The summed E-state index contributed by atoms with van der Waals surface area (Å²) in [5.74, 6) is -0.619. The lowest BCUT2D eigenvalue weighted by Gasteiger charge is -2.35. The number of hydrogen-bond donors (Lipinski definition) is 1. The summed E-state index contributed by atoms with van der Waals surface area (Å²) < 4.78 is 0.839. The van der Waals surface area contributed by atoms with Crippen LogP contribution in [0.4, 0.5) is 17.1 Å². The van der Waals surface area contributed by atoms with Gasteiger partial charge in [-0.15, -0.1) is 0 Å². The van der Waals surface area contributed by atoms with Gasteiger partial charge in [0.05, 0.1) is 23.0 Å². The second kappa shape index (κ2) is 8.96. The number of piperazine rings is 1. The molecule has 6 nitrogen and oxygen atoms in total. The molecule has 2 heterocycles. The number of carbonyl (C=O) groups excluding carboxylic acids is 2. The number of nitrogens with zero attached hydrogens (tertiary/aromatic N) is 3. The second-order valence-corrected chi connectivity index (χ2v) is 9.09. The molecule has 4 rings (SSSR count). The van der Waals surface area contributed by atoms with E-state index in [4.69, 9.17) is 11.6 Å². The third kappa shape index (κ3) is 4.48.